The Hall–Kier alpha value is -1.75. The van der Waals surface area contributed by atoms with E-state index in [1.54, 1.807) is 6.07 Å². The summed E-state index contributed by atoms with van der Waals surface area (Å²) in [5.41, 5.74) is 0. The maximum atomic E-state index is 12.8. The average Bonchev–Trinajstić information content (AvgIpc) is 2.99. The lowest BCUT2D eigenvalue weighted by Gasteiger charge is -2.28. The molecule has 1 aliphatic heterocycles. The Balaban J connectivity index is 1.39. The molecule has 1 aliphatic carbocycles. The Morgan fingerprint density at radius 1 is 0.964 bits per heavy atom. The zero-order valence-electron chi connectivity index (χ0n) is 16.6. The number of amides is 2. The van der Waals surface area contributed by atoms with Crippen LogP contribution in [-0.2, 0) is 9.59 Å². The number of para-hydroxylation sites is 1. The molecule has 154 valence electrons. The quantitative estimate of drug-likeness (QED) is 0.667. The molecule has 0 spiro atoms. The molecule has 3 rings (SSSR count). The third kappa shape index (κ3) is 5.87. The summed E-state index contributed by atoms with van der Waals surface area (Å²) in [6.45, 7) is 3.28. The van der Waals surface area contributed by atoms with Crippen molar-refractivity contribution in [3.63, 3.8) is 0 Å². The summed E-state index contributed by atoms with van der Waals surface area (Å²) in [6, 6.07) is 7.36. The van der Waals surface area contributed by atoms with Crippen molar-refractivity contribution in [3.8, 4) is 5.75 Å². The Morgan fingerprint density at radius 2 is 1.68 bits per heavy atom. The topological polar surface area (TPSA) is 49.9 Å². The van der Waals surface area contributed by atoms with Crippen molar-refractivity contribution in [1.82, 2.24) is 9.80 Å². The van der Waals surface area contributed by atoms with Crippen LogP contribution in [0, 0.1) is 5.92 Å². The van der Waals surface area contributed by atoms with E-state index in [4.69, 9.17) is 16.3 Å². The van der Waals surface area contributed by atoms with Gasteiger partial charge in [0.05, 0.1) is 11.6 Å². The number of carbonyl (C=O) groups excluding carboxylic acids is 2. The molecule has 1 aromatic carbocycles. The van der Waals surface area contributed by atoms with Gasteiger partial charge in [0.15, 0.2) is 0 Å². The van der Waals surface area contributed by atoms with Crippen LogP contribution >= 0.6 is 11.6 Å². The molecular weight excluding hydrogens is 376 g/mol. The number of rotatable bonds is 6. The van der Waals surface area contributed by atoms with Crippen molar-refractivity contribution in [1.29, 1.82) is 0 Å². The van der Waals surface area contributed by atoms with Gasteiger partial charge in [-0.05, 0) is 37.8 Å². The van der Waals surface area contributed by atoms with E-state index in [2.05, 4.69) is 0 Å². The molecule has 0 unspecified atom stereocenters. The van der Waals surface area contributed by atoms with E-state index >= 15 is 0 Å². The van der Waals surface area contributed by atoms with Crippen LogP contribution in [0.4, 0.5) is 0 Å². The molecule has 0 atom stereocenters. The summed E-state index contributed by atoms with van der Waals surface area (Å²) in [5, 5.41) is 0.587. The second-order valence-corrected chi connectivity index (χ2v) is 8.18. The number of ether oxygens (including phenoxy) is 1. The largest absolute Gasteiger partial charge is 0.492 e. The Kier molecular flexibility index (Phi) is 8.01. The number of nitrogens with zero attached hydrogens (tertiary/aromatic N) is 2. The monoisotopic (exact) mass is 406 g/mol. The van der Waals surface area contributed by atoms with Crippen LogP contribution in [0.15, 0.2) is 24.3 Å². The van der Waals surface area contributed by atoms with Crippen molar-refractivity contribution < 1.29 is 14.3 Å². The lowest BCUT2D eigenvalue weighted by molar-refractivity contribution is -0.137. The highest BCUT2D eigenvalue weighted by atomic mass is 35.5. The van der Waals surface area contributed by atoms with Gasteiger partial charge in [-0.1, -0.05) is 43.0 Å². The third-order valence-electron chi connectivity index (χ3n) is 5.74. The van der Waals surface area contributed by atoms with E-state index in [1.165, 1.54) is 19.3 Å². The van der Waals surface area contributed by atoms with Crippen molar-refractivity contribution in [3.05, 3.63) is 29.3 Å². The van der Waals surface area contributed by atoms with Gasteiger partial charge >= 0.3 is 0 Å². The van der Waals surface area contributed by atoms with Gasteiger partial charge in [-0.15, -0.1) is 0 Å². The molecule has 1 aromatic rings. The molecule has 0 N–H and O–H groups in total. The predicted molar refractivity (Wildman–Crippen MR) is 111 cm³/mol. The number of hydrogen-bond acceptors (Lipinski definition) is 3. The van der Waals surface area contributed by atoms with Crippen LogP contribution in [0.3, 0.4) is 0 Å². The highest BCUT2D eigenvalue weighted by Gasteiger charge is 2.28. The van der Waals surface area contributed by atoms with Crippen LogP contribution in [0.25, 0.3) is 0 Å². The van der Waals surface area contributed by atoms with Crippen molar-refractivity contribution >= 4 is 23.4 Å². The molecule has 1 saturated carbocycles. The van der Waals surface area contributed by atoms with Gasteiger partial charge < -0.3 is 14.5 Å². The fraction of sp³-hybridized carbons (Fsp3) is 0.636. The fourth-order valence-electron chi connectivity index (χ4n) is 4.12. The molecule has 0 aromatic heterocycles. The van der Waals surface area contributed by atoms with E-state index < -0.39 is 0 Å². The second kappa shape index (κ2) is 10.7. The normalized spacial score (nSPS) is 18.6. The first kappa shape index (κ1) is 21.0. The summed E-state index contributed by atoms with van der Waals surface area (Å²) < 4.78 is 5.66. The Labute approximate surface area is 173 Å². The summed E-state index contributed by atoms with van der Waals surface area (Å²) in [4.78, 5) is 29.2. The summed E-state index contributed by atoms with van der Waals surface area (Å²) >= 11 is 6.07. The molecule has 2 fully saturated rings. The van der Waals surface area contributed by atoms with E-state index in [0.29, 0.717) is 49.2 Å². The number of halogens is 1. The van der Waals surface area contributed by atoms with E-state index in [0.717, 1.165) is 32.4 Å². The molecule has 1 saturated heterocycles. The molecule has 0 bridgehead atoms. The molecule has 2 aliphatic rings. The number of benzene rings is 1. The summed E-state index contributed by atoms with van der Waals surface area (Å²) in [5.74, 6) is 1.32. The lowest BCUT2D eigenvalue weighted by atomic mass is 9.88. The Bertz CT molecular complexity index is 661. The maximum Gasteiger partial charge on any atom is 0.225 e. The SMILES string of the molecule is O=C(CCCOc1ccccc1Cl)N1CCCN(C(=O)C2CCCCC2)CC1. The number of hydrogen-bond donors (Lipinski definition) is 0. The highest BCUT2D eigenvalue weighted by Crippen LogP contribution is 2.26. The average molecular weight is 407 g/mol. The van der Waals surface area contributed by atoms with Gasteiger partial charge in [0.2, 0.25) is 11.8 Å². The van der Waals surface area contributed by atoms with Gasteiger partial charge in [0, 0.05) is 38.5 Å². The van der Waals surface area contributed by atoms with Gasteiger partial charge in [0.1, 0.15) is 5.75 Å². The molecule has 0 radical (unpaired) electrons. The van der Waals surface area contributed by atoms with Gasteiger partial charge in [0.25, 0.3) is 0 Å². The van der Waals surface area contributed by atoms with Crippen molar-refractivity contribution in [2.75, 3.05) is 32.8 Å². The van der Waals surface area contributed by atoms with Crippen LogP contribution in [0.1, 0.15) is 51.4 Å². The smallest absolute Gasteiger partial charge is 0.225 e. The minimum Gasteiger partial charge on any atom is -0.492 e. The number of carbonyl (C=O) groups is 2. The molecule has 5 nitrogen and oxygen atoms in total. The molecule has 1 heterocycles. The first-order valence-corrected chi connectivity index (χ1v) is 11.0. The standard InChI is InChI=1S/C22H31ClN2O3/c23-19-10-4-5-11-20(19)28-17-6-12-21(26)24-13-7-14-25(16-15-24)22(27)18-8-2-1-3-9-18/h4-5,10-11,18H,1-3,6-9,12-17H2. The highest BCUT2D eigenvalue weighted by molar-refractivity contribution is 6.32. The third-order valence-corrected chi connectivity index (χ3v) is 6.06. The minimum atomic E-state index is 0.148. The van der Waals surface area contributed by atoms with Crippen LogP contribution in [0.2, 0.25) is 5.02 Å². The molecule has 6 heteroatoms. The maximum absolute atomic E-state index is 12.8. The van der Waals surface area contributed by atoms with Gasteiger partial charge in [-0.2, -0.15) is 0 Å². The zero-order valence-corrected chi connectivity index (χ0v) is 17.3. The van der Waals surface area contributed by atoms with Crippen molar-refractivity contribution in [2.24, 2.45) is 5.92 Å². The van der Waals surface area contributed by atoms with Gasteiger partial charge in [-0.3, -0.25) is 9.59 Å². The molecular formula is C22H31ClN2O3. The van der Waals surface area contributed by atoms with Gasteiger partial charge in [-0.25, -0.2) is 0 Å². The molecule has 28 heavy (non-hydrogen) atoms. The van der Waals surface area contributed by atoms with Crippen molar-refractivity contribution in [2.45, 2.75) is 51.4 Å². The first-order valence-electron chi connectivity index (χ1n) is 10.6. The van der Waals surface area contributed by atoms with Crippen LogP contribution < -0.4 is 4.74 Å². The predicted octanol–water partition coefficient (Wildman–Crippen LogP) is 4.14. The minimum absolute atomic E-state index is 0.148. The summed E-state index contributed by atoms with van der Waals surface area (Å²) in [7, 11) is 0. The van der Waals surface area contributed by atoms with E-state index in [-0.39, 0.29) is 11.8 Å². The fourth-order valence-corrected chi connectivity index (χ4v) is 4.31. The Morgan fingerprint density at radius 3 is 2.46 bits per heavy atom. The lowest BCUT2D eigenvalue weighted by Crippen LogP contribution is -2.40. The van der Waals surface area contributed by atoms with Crippen LogP contribution in [0.5, 0.6) is 5.75 Å². The van der Waals surface area contributed by atoms with E-state index in [1.807, 2.05) is 28.0 Å². The first-order chi connectivity index (χ1) is 13.6. The zero-order chi connectivity index (χ0) is 19.8. The summed E-state index contributed by atoms with van der Waals surface area (Å²) in [6.07, 6.45) is 7.64. The van der Waals surface area contributed by atoms with E-state index in [9.17, 15) is 9.59 Å². The second-order valence-electron chi connectivity index (χ2n) is 7.78. The molecule has 2 amide bonds. The van der Waals surface area contributed by atoms with Crippen LogP contribution in [-0.4, -0.2) is 54.4 Å².